The number of rotatable bonds is 3. The van der Waals surface area contributed by atoms with Crippen LogP contribution in [0.15, 0.2) is 66.7 Å². The lowest BCUT2D eigenvalue weighted by Crippen LogP contribution is -2.35. The van der Waals surface area contributed by atoms with Gasteiger partial charge in [-0.3, -0.25) is 9.59 Å². The first kappa shape index (κ1) is 19.2. The minimum atomic E-state index is -0.497. The third-order valence-electron chi connectivity index (χ3n) is 4.90. The molecule has 2 amide bonds. The lowest BCUT2D eigenvalue weighted by atomic mass is 10.00. The summed E-state index contributed by atoms with van der Waals surface area (Å²) in [5.41, 5.74) is 3.28. The topological polar surface area (TPSA) is 49.4 Å². The highest BCUT2D eigenvalue weighted by molar-refractivity contribution is 6.34. The van der Waals surface area contributed by atoms with Gasteiger partial charge in [0.25, 0.3) is 11.8 Å². The van der Waals surface area contributed by atoms with E-state index in [0.717, 1.165) is 30.2 Å². The van der Waals surface area contributed by atoms with Crippen LogP contribution in [-0.4, -0.2) is 18.4 Å². The molecule has 1 N–H and O–H groups in total. The third kappa shape index (κ3) is 4.00. The quantitative estimate of drug-likeness (QED) is 0.637. The van der Waals surface area contributed by atoms with Gasteiger partial charge in [-0.2, -0.15) is 0 Å². The third-order valence-corrected chi connectivity index (χ3v) is 5.21. The number of nitrogens with zero attached hydrogens (tertiary/aromatic N) is 1. The number of fused-ring (bicyclic) bond motifs is 1. The molecular weight excluding hydrogens is 391 g/mol. The van der Waals surface area contributed by atoms with Crippen LogP contribution < -0.4 is 10.2 Å². The molecule has 1 aliphatic rings. The largest absolute Gasteiger partial charge is 0.322 e. The number of amides is 2. The second kappa shape index (κ2) is 8.05. The summed E-state index contributed by atoms with van der Waals surface area (Å²) in [6.07, 6.45) is 1.65. The van der Waals surface area contributed by atoms with Crippen molar-refractivity contribution in [3.8, 4) is 0 Å². The maximum absolute atomic E-state index is 13.2. The Morgan fingerprint density at radius 2 is 1.79 bits per heavy atom. The monoisotopic (exact) mass is 408 g/mol. The van der Waals surface area contributed by atoms with E-state index in [2.05, 4.69) is 5.32 Å². The first-order valence-corrected chi connectivity index (χ1v) is 9.67. The van der Waals surface area contributed by atoms with Gasteiger partial charge in [0.05, 0.1) is 10.6 Å². The van der Waals surface area contributed by atoms with Crippen molar-refractivity contribution in [2.75, 3.05) is 16.8 Å². The summed E-state index contributed by atoms with van der Waals surface area (Å²) >= 11 is 5.97. The average molecular weight is 409 g/mol. The molecule has 1 heterocycles. The normalized spacial score (nSPS) is 13.0. The van der Waals surface area contributed by atoms with E-state index in [0.29, 0.717) is 17.8 Å². The van der Waals surface area contributed by atoms with Crippen LogP contribution >= 0.6 is 11.6 Å². The van der Waals surface area contributed by atoms with Crippen molar-refractivity contribution in [3.05, 3.63) is 94.3 Å². The summed E-state index contributed by atoms with van der Waals surface area (Å²) in [5.74, 6) is -0.951. The number of hydrogen-bond acceptors (Lipinski definition) is 2. The molecule has 6 heteroatoms. The lowest BCUT2D eigenvalue weighted by Gasteiger charge is -2.30. The molecule has 1 aliphatic heterocycles. The minimum absolute atomic E-state index is 0.0403. The molecule has 0 saturated carbocycles. The first-order chi connectivity index (χ1) is 14.0. The molecule has 4 rings (SSSR count). The van der Waals surface area contributed by atoms with Gasteiger partial charge in [-0.15, -0.1) is 0 Å². The van der Waals surface area contributed by atoms with Crippen molar-refractivity contribution in [1.82, 2.24) is 0 Å². The molecule has 3 aromatic carbocycles. The number of benzene rings is 3. The fourth-order valence-corrected chi connectivity index (χ4v) is 3.75. The van der Waals surface area contributed by atoms with Crippen molar-refractivity contribution in [3.63, 3.8) is 0 Å². The van der Waals surface area contributed by atoms with Crippen LogP contribution in [0, 0.1) is 5.82 Å². The maximum Gasteiger partial charge on any atom is 0.258 e. The summed E-state index contributed by atoms with van der Waals surface area (Å²) in [7, 11) is 0. The van der Waals surface area contributed by atoms with Gasteiger partial charge in [-0.05, 0) is 66.9 Å². The summed E-state index contributed by atoms with van der Waals surface area (Å²) < 4.78 is 13.2. The molecule has 29 heavy (non-hydrogen) atoms. The molecule has 0 bridgehead atoms. The average Bonchev–Trinajstić information content (AvgIpc) is 2.73. The van der Waals surface area contributed by atoms with Crippen LogP contribution in [0.3, 0.4) is 0 Å². The van der Waals surface area contributed by atoms with E-state index in [9.17, 15) is 14.0 Å². The highest BCUT2D eigenvalue weighted by Gasteiger charge is 2.24. The number of carbonyl (C=O) groups excluding carboxylic acids is 2. The summed E-state index contributed by atoms with van der Waals surface area (Å²) in [5, 5.41) is 2.85. The fourth-order valence-electron chi connectivity index (χ4n) is 3.49. The zero-order valence-corrected chi connectivity index (χ0v) is 16.2. The maximum atomic E-state index is 13.2. The Labute approximate surface area is 172 Å². The van der Waals surface area contributed by atoms with E-state index in [1.54, 1.807) is 23.1 Å². The van der Waals surface area contributed by atoms with Crippen LogP contribution in [0.2, 0.25) is 5.02 Å². The zero-order valence-electron chi connectivity index (χ0n) is 15.5. The molecule has 0 aromatic heterocycles. The Morgan fingerprint density at radius 1 is 1.00 bits per heavy atom. The van der Waals surface area contributed by atoms with Crippen LogP contribution in [0.4, 0.5) is 15.8 Å². The molecule has 146 valence electrons. The fraction of sp³-hybridized carbons (Fsp3) is 0.130. The van der Waals surface area contributed by atoms with Crippen LogP contribution in [0.1, 0.15) is 32.7 Å². The van der Waals surface area contributed by atoms with Crippen LogP contribution in [0.25, 0.3) is 0 Å². The van der Waals surface area contributed by atoms with Crippen molar-refractivity contribution < 1.29 is 14.0 Å². The van der Waals surface area contributed by atoms with Gasteiger partial charge in [-0.25, -0.2) is 4.39 Å². The first-order valence-electron chi connectivity index (χ1n) is 9.29. The van der Waals surface area contributed by atoms with Crippen molar-refractivity contribution in [2.24, 2.45) is 0 Å². The number of aryl methyl sites for hydroxylation is 1. The van der Waals surface area contributed by atoms with Crippen molar-refractivity contribution in [1.29, 1.82) is 0 Å². The van der Waals surface area contributed by atoms with Gasteiger partial charge in [0.15, 0.2) is 0 Å². The van der Waals surface area contributed by atoms with E-state index >= 15 is 0 Å². The van der Waals surface area contributed by atoms with E-state index < -0.39 is 11.7 Å². The molecule has 0 unspecified atom stereocenters. The van der Waals surface area contributed by atoms with Crippen LogP contribution in [0.5, 0.6) is 0 Å². The van der Waals surface area contributed by atoms with E-state index in [4.69, 9.17) is 11.6 Å². The Bertz CT molecular complexity index is 1090. The highest BCUT2D eigenvalue weighted by Crippen LogP contribution is 2.31. The minimum Gasteiger partial charge on any atom is -0.322 e. The van der Waals surface area contributed by atoms with E-state index in [-0.39, 0.29) is 16.5 Å². The summed E-state index contributed by atoms with van der Waals surface area (Å²) in [6.45, 7) is 0.650. The zero-order chi connectivity index (χ0) is 20.4. The van der Waals surface area contributed by atoms with Gasteiger partial charge in [0.2, 0.25) is 0 Å². The highest BCUT2D eigenvalue weighted by atomic mass is 35.5. The van der Waals surface area contributed by atoms with Crippen molar-refractivity contribution in [2.45, 2.75) is 12.8 Å². The number of carbonyl (C=O) groups is 2. The van der Waals surface area contributed by atoms with Gasteiger partial charge in [-0.1, -0.05) is 29.8 Å². The Hall–Kier alpha value is -3.18. The smallest absolute Gasteiger partial charge is 0.258 e. The van der Waals surface area contributed by atoms with E-state index in [1.165, 1.54) is 12.1 Å². The molecule has 0 fully saturated rings. The van der Waals surface area contributed by atoms with Gasteiger partial charge in [0.1, 0.15) is 5.82 Å². The summed E-state index contributed by atoms with van der Waals surface area (Å²) in [4.78, 5) is 27.1. The molecule has 0 aliphatic carbocycles. The number of anilines is 2. The van der Waals surface area contributed by atoms with E-state index in [1.807, 2.05) is 30.3 Å². The molecule has 0 atom stereocenters. The molecule has 0 saturated heterocycles. The number of hydrogen-bond donors (Lipinski definition) is 1. The second-order valence-electron chi connectivity index (χ2n) is 6.85. The van der Waals surface area contributed by atoms with Crippen LogP contribution in [-0.2, 0) is 6.42 Å². The molecule has 4 nitrogen and oxygen atoms in total. The predicted molar refractivity (Wildman–Crippen MR) is 112 cm³/mol. The molecular formula is C23H18ClFN2O2. The van der Waals surface area contributed by atoms with Gasteiger partial charge >= 0.3 is 0 Å². The Morgan fingerprint density at radius 3 is 2.55 bits per heavy atom. The Balaban J connectivity index is 1.57. The summed E-state index contributed by atoms with van der Waals surface area (Å²) in [6, 6.07) is 18.3. The van der Waals surface area contributed by atoms with Gasteiger partial charge in [0, 0.05) is 23.5 Å². The van der Waals surface area contributed by atoms with Crippen molar-refractivity contribution >= 4 is 34.8 Å². The number of nitrogens with one attached hydrogen (secondary N) is 1. The SMILES string of the molecule is O=C(Nc1ccc2c(c1)CCCN2C(=O)c1ccccc1)c1ccc(F)cc1Cl. The van der Waals surface area contributed by atoms with Gasteiger partial charge < -0.3 is 10.2 Å². The molecule has 0 radical (unpaired) electrons. The Kier molecular flexibility index (Phi) is 5.32. The predicted octanol–water partition coefficient (Wildman–Crippen LogP) is 5.32. The molecule has 0 spiro atoms. The lowest BCUT2D eigenvalue weighted by molar-refractivity contribution is 0.0983. The second-order valence-corrected chi connectivity index (χ2v) is 7.26. The number of halogens is 2. The standard InChI is InChI=1S/C23H18ClFN2O2/c24-20-14-17(25)8-10-19(20)22(28)26-18-9-11-21-16(13-18)7-4-12-27(21)23(29)15-5-2-1-3-6-15/h1-3,5-6,8-11,13-14H,4,7,12H2,(H,26,28). The molecule has 3 aromatic rings.